The Morgan fingerprint density at radius 1 is 1.14 bits per heavy atom. The highest BCUT2D eigenvalue weighted by Crippen LogP contribution is 2.16. The van der Waals surface area contributed by atoms with Crippen LogP contribution in [0.15, 0.2) is 42.0 Å². The molecular formula is C16H19N3OS. The lowest BCUT2D eigenvalue weighted by Crippen LogP contribution is -2.48. The molecule has 0 aliphatic carbocycles. The van der Waals surface area contributed by atoms with E-state index in [9.17, 15) is 4.79 Å². The number of thiophene rings is 1. The molecule has 0 saturated carbocycles. The zero-order valence-corrected chi connectivity index (χ0v) is 12.8. The summed E-state index contributed by atoms with van der Waals surface area (Å²) in [6, 6.07) is 8.18. The molecule has 0 bridgehead atoms. The number of piperazine rings is 1. The topological polar surface area (TPSA) is 36.4 Å². The number of nitrogens with zero attached hydrogens (tertiary/aromatic N) is 3. The Morgan fingerprint density at radius 2 is 1.90 bits per heavy atom. The zero-order chi connectivity index (χ0) is 14.5. The van der Waals surface area contributed by atoms with Crippen molar-refractivity contribution in [2.45, 2.75) is 12.8 Å². The molecule has 2 aromatic rings. The van der Waals surface area contributed by atoms with Crippen LogP contribution in [0.2, 0.25) is 0 Å². The molecule has 110 valence electrons. The number of rotatable bonds is 4. The molecule has 1 fully saturated rings. The molecule has 1 aliphatic heterocycles. The molecule has 3 rings (SSSR count). The Bertz CT molecular complexity index is 562. The molecule has 1 saturated heterocycles. The van der Waals surface area contributed by atoms with E-state index in [-0.39, 0.29) is 5.91 Å². The molecule has 0 aromatic carbocycles. The van der Waals surface area contributed by atoms with Gasteiger partial charge in [-0.1, -0.05) is 6.07 Å². The average molecular weight is 301 g/mol. The quantitative estimate of drug-likeness (QED) is 0.870. The first kappa shape index (κ1) is 14.1. The van der Waals surface area contributed by atoms with Gasteiger partial charge in [-0.25, -0.2) is 0 Å². The van der Waals surface area contributed by atoms with E-state index in [1.807, 2.05) is 35.5 Å². The maximum absolute atomic E-state index is 12.2. The number of hydrogen-bond acceptors (Lipinski definition) is 4. The maximum atomic E-state index is 12.2. The van der Waals surface area contributed by atoms with Crippen molar-refractivity contribution in [1.82, 2.24) is 9.88 Å². The first-order valence-electron chi connectivity index (χ1n) is 7.28. The molecule has 21 heavy (non-hydrogen) atoms. The largest absolute Gasteiger partial charge is 0.368 e. The maximum Gasteiger partial charge on any atom is 0.223 e. The van der Waals surface area contributed by atoms with Crippen molar-refractivity contribution in [3.8, 4) is 0 Å². The lowest BCUT2D eigenvalue weighted by molar-refractivity contribution is -0.131. The Kier molecular flexibility index (Phi) is 4.50. The third kappa shape index (κ3) is 3.61. The van der Waals surface area contributed by atoms with E-state index in [2.05, 4.69) is 21.3 Å². The molecule has 0 unspecified atom stereocenters. The van der Waals surface area contributed by atoms with Crippen molar-refractivity contribution < 1.29 is 4.79 Å². The van der Waals surface area contributed by atoms with E-state index in [0.29, 0.717) is 6.42 Å². The van der Waals surface area contributed by atoms with E-state index in [4.69, 9.17) is 0 Å². The molecule has 5 heteroatoms. The number of anilines is 1. The fraction of sp³-hybridized carbons (Fsp3) is 0.375. The van der Waals surface area contributed by atoms with Gasteiger partial charge in [-0.2, -0.15) is 0 Å². The van der Waals surface area contributed by atoms with Crippen LogP contribution in [-0.4, -0.2) is 42.0 Å². The van der Waals surface area contributed by atoms with Crippen LogP contribution >= 0.6 is 11.3 Å². The van der Waals surface area contributed by atoms with Crippen LogP contribution in [0.25, 0.3) is 0 Å². The van der Waals surface area contributed by atoms with Gasteiger partial charge in [0, 0.05) is 55.6 Å². The van der Waals surface area contributed by atoms with Gasteiger partial charge in [0.2, 0.25) is 5.91 Å². The summed E-state index contributed by atoms with van der Waals surface area (Å²) in [5.74, 6) is 0.276. The molecular weight excluding hydrogens is 282 g/mol. The number of carbonyl (C=O) groups is 1. The van der Waals surface area contributed by atoms with E-state index < -0.39 is 0 Å². The molecule has 0 radical (unpaired) electrons. The van der Waals surface area contributed by atoms with Crippen LogP contribution < -0.4 is 4.90 Å². The van der Waals surface area contributed by atoms with Gasteiger partial charge in [0.15, 0.2) is 0 Å². The molecule has 0 atom stereocenters. The monoisotopic (exact) mass is 301 g/mol. The molecule has 2 aromatic heterocycles. The van der Waals surface area contributed by atoms with Crippen molar-refractivity contribution in [2.75, 3.05) is 31.1 Å². The van der Waals surface area contributed by atoms with Gasteiger partial charge in [0.05, 0.1) is 0 Å². The number of hydrogen-bond donors (Lipinski definition) is 0. The van der Waals surface area contributed by atoms with Gasteiger partial charge in [0.1, 0.15) is 0 Å². The lowest BCUT2D eigenvalue weighted by atomic mass is 10.2. The highest BCUT2D eigenvalue weighted by Gasteiger charge is 2.20. The first-order valence-corrected chi connectivity index (χ1v) is 8.16. The summed E-state index contributed by atoms with van der Waals surface area (Å²) in [5.41, 5.74) is 1.19. The summed E-state index contributed by atoms with van der Waals surface area (Å²) in [5, 5.41) is 2.06. The van der Waals surface area contributed by atoms with E-state index in [1.54, 1.807) is 11.3 Å². The summed E-state index contributed by atoms with van der Waals surface area (Å²) in [6.07, 6.45) is 5.11. The SMILES string of the molecule is O=C(CCc1cccs1)N1CCN(c2ccncc2)CC1. The Balaban J connectivity index is 1.48. The van der Waals surface area contributed by atoms with Crippen LogP contribution in [0, 0.1) is 0 Å². The first-order chi connectivity index (χ1) is 10.3. The fourth-order valence-electron chi connectivity index (χ4n) is 2.61. The van der Waals surface area contributed by atoms with Gasteiger partial charge in [-0.15, -0.1) is 11.3 Å². The highest BCUT2D eigenvalue weighted by atomic mass is 32.1. The van der Waals surface area contributed by atoms with Gasteiger partial charge in [-0.05, 0) is 30.0 Å². The Hall–Kier alpha value is -1.88. The standard InChI is InChI=1S/C16H19N3OS/c20-16(4-3-15-2-1-13-21-15)19-11-9-18(10-12-19)14-5-7-17-8-6-14/h1-2,5-8,13H,3-4,9-12H2. The number of carbonyl (C=O) groups excluding carboxylic acids is 1. The highest BCUT2D eigenvalue weighted by molar-refractivity contribution is 7.09. The Labute approximate surface area is 129 Å². The van der Waals surface area contributed by atoms with Gasteiger partial charge >= 0.3 is 0 Å². The fourth-order valence-corrected chi connectivity index (χ4v) is 3.32. The average Bonchev–Trinajstić information content (AvgIpc) is 3.07. The van der Waals surface area contributed by atoms with Crippen molar-refractivity contribution in [3.63, 3.8) is 0 Å². The molecule has 1 amide bonds. The number of pyridine rings is 1. The van der Waals surface area contributed by atoms with Crippen LogP contribution in [-0.2, 0) is 11.2 Å². The minimum absolute atomic E-state index is 0.276. The summed E-state index contributed by atoms with van der Waals surface area (Å²) in [7, 11) is 0. The Morgan fingerprint density at radius 3 is 2.57 bits per heavy atom. The molecule has 0 spiro atoms. The summed E-state index contributed by atoms with van der Waals surface area (Å²) >= 11 is 1.72. The predicted molar refractivity (Wildman–Crippen MR) is 85.7 cm³/mol. The summed E-state index contributed by atoms with van der Waals surface area (Å²) in [4.78, 5) is 21.9. The molecule has 3 heterocycles. The van der Waals surface area contributed by atoms with E-state index in [0.717, 1.165) is 32.6 Å². The van der Waals surface area contributed by atoms with E-state index >= 15 is 0 Å². The smallest absolute Gasteiger partial charge is 0.223 e. The second-order valence-electron chi connectivity index (χ2n) is 5.15. The van der Waals surface area contributed by atoms with Crippen LogP contribution in [0.4, 0.5) is 5.69 Å². The number of aromatic nitrogens is 1. The van der Waals surface area contributed by atoms with Gasteiger partial charge < -0.3 is 9.80 Å². The number of aryl methyl sites for hydroxylation is 1. The third-order valence-electron chi connectivity index (χ3n) is 3.83. The normalized spacial score (nSPS) is 15.2. The second kappa shape index (κ2) is 6.72. The molecule has 1 aliphatic rings. The van der Waals surface area contributed by atoms with Crippen LogP contribution in [0.1, 0.15) is 11.3 Å². The van der Waals surface area contributed by atoms with E-state index in [1.165, 1.54) is 10.6 Å². The molecule has 4 nitrogen and oxygen atoms in total. The van der Waals surface area contributed by atoms with Crippen molar-refractivity contribution in [2.24, 2.45) is 0 Å². The minimum atomic E-state index is 0.276. The lowest BCUT2D eigenvalue weighted by Gasteiger charge is -2.36. The minimum Gasteiger partial charge on any atom is -0.368 e. The molecule has 0 N–H and O–H groups in total. The zero-order valence-electron chi connectivity index (χ0n) is 11.9. The summed E-state index contributed by atoms with van der Waals surface area (Å²) < 4.78 is 0. The second-order valence-corrected chi connectivity index (χ2v) is 6.18. The van der Waals surface area contributed by atoms with Crippen LogP contribution in [0.3, 0.4) is 0 Å². The predicted octanol–water partition coefficient (Wildman–Crippen LogP) is 2.42. The summed E-state index contributed by atoms with van der Waals surface area (Å²) in [6.45, 7) is 3.42. The van der Waals surface area contributed by atoms with Crippen LogP contribution in [0.5, 0.6) is 0 Å². The third-order valence-corrected chi connectivity index (χ3v) is 4.76. The van der Waals surface area contributed by atoms with Gasteiger partial charge in [-0.3, -0.25) is 9.78 Å². The number of amides is 1. The van der Waals surface area contributed by atoms with Crippen molar-refractivity contribution >= 4 is 22.9 Å². The van der Waals surface area contributed by atoms with Gasteiger partial charge in [0.25, 0.3) is 0 Å². The van der Waals surface area contributed by atoms with Crippen molar-refractivity contribution in [1.29, 1.82) is 0 Å². The van der Waals surface area contributed by atoms with Crippen molar-refractivity contribution in [3.05, 3.63) is 46.9 Å².